The number of Topliss-reactive ketones (excluding diaryl/α,β-unsaturated/α-hetero) is 1. The van der Waals surface area contributed by atoms with E-state index in [-0.39, 0.29) is 24.2 Å². The molecule has 1 aromatic rings. The van der Waals surface area contributed by atoms with E-state index in [1.54, 1.807) is 0 Å². The van der Waals surface area contributed by atoms with E-state index in [2.05, 4.69) is 13.8 Å². The van der Waals surface area contributed by atoms with Gasteiger partial charge in [-0.25, -0.2) is 4.39 Å². The highest BCUT2D eigenvalue weighted by atomic mass is 19.1. The number of halogens is 1. The summed E-state index contributed by atoms with van der Waals surface area (Å²) < 4.78 is 18.1. The Kier molecular flexibility index (Phi) is 5.92. The van der Waals surface area contributed by atoms with Crippen molar-refractivity contribution < 1.29 is 23.5 Å². The van der Waals surface area contributed by atoms with Gasteiger partial charge in [0.1, 0.15) is 5.82 Å². The van der Waals surface area contributed by atoms with Crippen LogP contribution in [0.1, 0.15) is 49.9 Å². The maximum absolute atomic E-state index is 12.9. The zero-order valence-corrected chi connectivity index (χ0v) is 15.8. The van der Waals surface area contributed by atoms with E-state index in [0.29, 0.717) is 23.9 Å². The smallest absolute Gasteiger partial charge is 0.311 e. The molecule has 1 aliphatic heterocycles. The Hall–Kier alpha value is -2.24. The van der Waals surface area contributed by atoms with E-state index in [4.69, 9.17) is 4.74 Å². The Morgan fingerprint density at radius 3 is 2.59 bits per heavy atom. The molecule has 3 rings (SSSR count). The third-order valence-corrected chi connectivity index (χ3v) is 6.07. The molecule has 6 heteroatoms. The predicted octanol–water partition coefficient (Wildman–Crippen LogP) is 3.22. The van der Waals surface area contributed by atoms with Crippen molar-refractivity contribution in [3.05, 3.63) is 35.6 Å². The summed E-state index contributed by atoms with van der Waals surface area (Å²) in [5.74, 6) is -0.888. The fraction of sp³-hybridized carbons (Fsp3) is 0.571. The van der Waals surface area contributed by atoms with Gasteiger partial charge in [-0.05, 0) is 42.5 Å². The summed E-state index contributed by atoms with van der Waals surface area (Å²) in [5.41, 5.74) is 0.290. The van der Waals surface area contributed by atoms with Gasteiger partial charge in [-0.1, -0.05) is 26.7 Å². The number of likely N-dealkylation sites (tertiary alicyclic amines) is 1. The van der Waals surface area contributed by atoms with Crippen molar-refractivity contribution >= 4 is 17.7 Å². The van der Waals surface area contributed by atoms with Crippen molar-refractivity contribution in [2.75, 3.05) is 13.2 Å². The number of carbonyl (C=O) groups excluding carboxylic acids is 3. The van der Waals surface area contributed by atoms with E-state index < -0.39 is 24.3 Å². The van der Waals surface area contributed by atoms with Crippen molar-refractivity contribution in [3.63, 3.8) is 0 Å². The van der Waals surface area contributed by atoms with Crippen LogP contribution in [-0.4, -0.2) is 41.8 Å². The van der Waals surface area contributed by atoms with Crippen molar-refractivity contribution in [1.29, 1.82) is 0 Å². The summed E-state index contributed by atoms with van der Waals surface area (Å²) in [6, 6.07) is 5.28. The third-order valence-electron chi connectivity index (χ3n) is 6.07. The Morgan fingerprint density at radius 1 is 1.19 bits per heavy atom. The first kappa shape index (κ1) is 19.5. The van der Waals surface area contributed by atoms with Crippen molar-refractivity contribution in [2.24, 2.45) is 17.8 Å². The lowest BCUT2D eigenvalue weighted by molar-refractivity contribution is -0.147. The number of ketones is 1. The van der Waals surface area contributed by atoms with Crippen LogP contribution in [-0.2, 0) is 14.3 Å². The quantitative estimate of drug-likeness (QED) is 0.586. The zero-order valence-electron chi connectivity index (χ0n) is 15.8. The number of benzene rings is 1. The molecule has 1 aromatic carbocycles. The summed E-state index contributed by atoms with van der Waals surface area (Å²) in [5, 5.41) is 0. The van der Waals surface area contributed by atoms with Crippen molar-refractivity contribution in [2.45, 2.75) is 45.6 Å². The molecule has 1 aliphatic carbocycles. The topological polar surface area (TPSA) is 63.7 Å². The van der Waals surface area contributed by atoms with Crippen molar-refractivity contribution in [3.8, 4) is 0 Å². The van der Waals surface area contributed by atoms with Gasteiger partial charge in [-0.2, -0.15) is 0 Å². The fourth-order valence-corrected chi connectivity index (χ4v) is 4.18. The number of esters is 1. The molecule has 27 heavy (non-hydrogen) atoms. The molecule has 1 amide bonds. The average Bonchev–Trinajstić information content (AvgIpc) is 3.04. The van der Waals surface area contributed by atoms with Crippen LogP contribution in [0.5, 0.6) is 0 Å². The monoisotopic (exact) mass is 375 g/mol. The van der Waals surface area contributed by atoms with Gasteiger partial charge in [-0.15, -0.1) is 0 Å². The second-order valence-electron chi connectivity index (χ2n) is 7.82. The van der Waals surface area contributed by atoms with Gasteiger partial charge in [0, 0.05) is 24.6 Å². The van der Waals surface area contributed by atoms with E-state index >= 15 is 0 Å². The molecule has 1 saturated carbocycles. The number of hydrogen-bond acceptors (Lipinski definition) is 4. The maximum atomic E-state index is 12.9. The van der Waals surface area contributed by atoms with Crippen LogP contribution in [0.4, 0.5) is 4.39 Å². The molecule has 0 bridgehead atoms. The molecular weight excluding hydrogens is 349 g/mol. The lowest BCUT2D eigenvalue weighted by Crippen LogP contribution is -2.45. The summed E-state index contributed by atoms with van der Waals surface area (Å²) in [4.78, 5) is 38.7. The van der Waals surface area contributed by atoms with Gasteiger partial charge in [0.25, 0.3) is 0 Å². The molecule has 0 radical (unpaired) electrons. The average molecular weight is 375 g/mol. The first-order valence-electron chi connectivity index (χ1n) is 9.61. The molecule has 5 nitrogen and oxygen atoms in total. The molecule has 0 N–H and O–H groups in total. The largest absolute Gasteiger partial charge is 0.457 e. The van der Waals surface area contributed by atoms with Crippen LogP contribution < -0.4 is 0 Å². The molecule has 146 valence electrons. The Morgan fingerprint density at radius 2 is 1.89 bits per heavy atom. The Labute approximate surface area is 158 Å². The first-order chi connectivity index (χ1) is 12.9. The zero-order chi connectivity index (χ0) is 19.6. The summed E-state index contributed by atoms with van der Waals surface area (Å²) >= 11 is 0. The number of carbonyl (C=O) groups is 3. The Balaban J connectivity index is 1.54. The summed E-state index contributed by atoms with van der Waals surface area (Å²) in [6.07, 6.45) is 3.39. The second kappa shape index (κ2) is 8.19. The molecule has 4 atom stereocenters. The highest BCUT2D eigenvalue weighted by molar-refractivity contribution is 5.98. The van der Waals surface area contributed by atoms with Gasteiger partial charge in [0.05, 0.1) is 5.92 Å². The number of hydrogen-bond donors (Lipinski definition) is 0. The number of amides is 1. The minimum atomic E-state index is -0.525. The molecule has 0 aromatic heterocycles. The number of rotatable bonds is 5. The highest BCUT2D eigenvalue weighted by Crippen LogP contribution is 2.35. The van der Waals surface area contributed by atoms with Crippen LogP contribution in [0.3, 0.4) is 0 Å². The SMILES string of the molecule is C[C@H]1[C@H](N2C[C@H](C(=O)OCC(=O)c3ccc(F)cc3)CC2=O)CCC[C@@H]1C. The highest BCUT2D eigenvalue weighted by Gasteiger charge is 2.42. The van der Waals surface area contributed by atoms with Gasteiger partial charge in [-0.3, -0.25) is 14.4 Å². The molecular formula is C21H26FNO4. The lowest BCUT2D eigenvalue weighted by Gasteiger charge is -2.39. The maximum Gasteiger partial charge on any atom is 0.311 e. The minimum Gasteiger partial charge on any atom is -0.457 e. The third kappa shape index (κ3) is 4.37. The summed E-state index contributed by atoms with van der Waals surface area (Å²) in [6.45, 7) is 4.36. The number of ether oxygens (including phenoxy) is 1. The van der Waals surface area contributed by atoms with E-state index in [9.17, 15) is 18.8 Å². The normalized spacial score (nSPS) is 28.3. The van der Waals surface area contributed by atoms with E-state index in [1.807, 2.05) is 4.90 Å². The second-order valence-corrected chi connectivity index (χ2v) is 7.82. The fourth-order valence-electron chi connectivity index (χ4n) is 4.18. The van der Waals surface area contributed by atoms with E-state index in [1.165, 1.54) is 30.7 Å². The van der Waals surface area contributed by atoms with Gasteiger partial charge >= 0.3 is 5.97 Å². The lowest BCUT2D eigenvalue weighted by atomic mass is 9.77. The van der Waals surface area contributed by atoms with E-state index in [0.717, 1.165) is 12.8 Å². The van der Waals surface area contributed by atoms with Crippen molar-refractivity contribution in [1.82, 2.24) is 4.90 Å². The van der Waals surface area contributed by atoms with Gasteiger partial charge in [0.2, 0.25) is 5.91 Å². The van der Waals surface area contributed by atoms with Gasteiger partial charge in [0.15, 0.2) is 12.4 Å². The standard InChI is InChI=1S/C21H26FNO4/c1-13-4-3-5-18(14(13)2)23-11-16(10-20(23)25)21(26)27-12-19(24)15-6-8-17(22)9-7-15/h6-9,13-14,16,18H,3-5,10-12H2,1-2H3/t13-,14+,16+,18+/m0/s1. The van der Waals surface area contributed by atoms with Crippen LogP contribution in [0.2, 0.25) is 0 Å². The van der Waals surface area contributed by atoms with Crippen LogP contribution in [0.15, 0.2) is 24.3 Å². The van der Waals surface area contributed by atoms with Crippen LogP contribution >= 0.6 is 0 Å². The van der Waals surface area contributed by atoms with Crippen LogP contribution in [0, 0.1) is 23.6 Å². The predicted molar refractivity (Wildman–Crippen MR) is 97.5 cm³/mol. The van der Waals surface area contributed by atoms with Crippen LogP contribution in [0.25, 0.3) is 0 Å². The Bertz CT molecular complexity index is 717. The molecule has 2 aliphatic rings. The molecule has 0 spiro atoms. The summed E-state index contributed by atoms with van der Waals surface area (Å²) in [7, 11) is 0. The first-order valence-corrected chi connectivity index (χ1v) is 9.61. The van der Waals surface area contributed by atoms with Gasteiger partial charge < -0.3 is 9.64 Å². The molecule has 0 unspecified atom stereocenters. The molecule has 1 saturated heterocycles. The number of nitrogens with zero attached hydrogens (tertiary/aromatic N) is 1. The minimum absolute atomic E-state index is 0.00670. The molecule has 1 heterocycles. The molecule has 2 fully saturated rings.